The molecule has 5 heteroatoms. The third kappa shape index (κ3) is 2.97. The Hall–Kier alpha value is -0.350. The van der Waals surface area contributed by atoms with Crippen molar-refractivity contribution in [2.45, 2.75) is 11.8 Å². The molecule has 0 spiro atoms. The second-order valence-corrected chi connectivity index (χ2v) is 6.42. The molecule has 1 nitrogen and oxygen atoms in total. The summed E-state index contributed by atoms with van der Waals surface area (Å²) >= 11 is 15.1. The first-order valence-electron chi connectivity index (χ1n) is 5.50. The average molecular weight is 319 g/mol. The van der Waals surface area contributed by atoms with Gasteiger partial charge in [-0.2, -0.15) is 0 Å². The first-order chi connectivity index (χ1) is 8.77. The number of carbonyl (C=O) groups excluding carboxylic acids is 1. The summed E-state index contributed by atoms with van der Waals surface area (Å²) in [7, 11) is 0. The molecule has 0 bridgehead atoms. The second kappa shape index (κ2) is 6.71. The highest BCUT2D eigenvalue weighted by Gasteiger charge is 2.29. The van der Waals surface area contributed by atoms with Crippen molar-refractivity contribution in [2.75, 3.05) is 11.8 Å². The van der Waals surface area contributed by atoms with E-state index in [-0.39, 0.29) is 17.6 Å². The molecule has 0 radical (unpaired) electrons. The number of hydrogen-bond acceptors (Lipinski definition) is 3. The first-order valence-corrected chi connectivity index (χ1v) is 8.33. The molecule has 0 aliphatic carbocycles. The molecule has 0 aromatic carbocycles. The molecule has 0 saturated carbocycles. The lowest BCUT2D eigenvalue weighted by molar-refractivity contribution is -0.120. The highest BCUT2D eigenvalue weighted by Crippen LogP contribution is 2.32. The number of rotatable bonds is 6. The molecular formula is C13H12Cl2OS2. The summed E-state index contributed by atoms with van der Waals surface area (Å²) in [4.78, 5) is 14.6. The van der Waals surface area contributed by atoms with Gasteiger partial charge >= 0.3 is 0 Å². The van der Waals surface area contributed by atoms with Crippen LogP contribution >= 0.6 is 45.9 Å². The molecule has 0 fully saturated rings. The highest BCUT2D eigenvalue weighted by molar-refractivity contribution is 7.10. The Morgan fingerprint density at radius 1 is 1.00 bits per heavy atom. The molecule has 2 unspecified atom stereocenters. The standard InChI is InChI=1S/C13H12Cl2OS2/c14-7-9(11-3-1-5-17-11)13(16)10(8-15)12-4-2-6-18-12/h1-6,9-10H,7-8H2. The van der Waals surface area contributed by atoms with Gasteiger partial charge in [-0.1, -0.05) is 12.1 Å². The molecule has 18 heavy (non-hydrogen) atoms. The number of alkyl halides is 2. The van der Waals surface area contributed by atoms with Crippen LogP contribution in [0.5, 0.6) is 0 Å². The Bertz CT molecular complexity index is 435. The summed E-state index contributed by atoms with van der Waals surface area (Å²) in [6, 6.07) is 7.78. The lowest BCUT2D eigenvalue weighted by atomic mass is 9.93. The van der Waals surface area contributed by atoms with Crippen LogP contribution in [0.4, 0.5) is 0 Å². The summed E-state index contributed by atoms with van der Waals surface area (Å²) in [5.41, 5.74) is 0. The van der Waals surface area contributed by atoms with E-state index in [1.165, 1.54) is 0 Å². The van der Waals surface area contributed by atoms with Gasteiger partial charge in [0.1, 0.15) is 0 Å². The molecule has 2 atom stereocenters. The fourth-order valence-corrected chi connectivity index (χ4v) is 4.30. The van der Waals surface area contributed by atoms with Crippen LogP contribution in [0.2, 0.25) is 0 Å². The van der Waals surface area contributed by atoms with Crippen LogP contribution in [0.25, 0.3) is 0 Å². The highest BCUT2D eigenvalue weighted by atomic mass is 35.5. The Balaban J connectivity index is 2.23. The largest absolute Gasteiger partial charge is 0.298 e. The van der Waals surface area contributed by atoms with Crippen molar-refractivity contribution in [2.24, 2.45) is 0 Å². The van der Waals surface area contributed by atoms with E-state index < -0.39 is 0 Å². The number of thiophene rings is 2. The third-order valence-electron chi connectivity index (χ3n) is 2.77. The molecule has 0 amide bonds. The molecule has 0 N–H and O–H groups in total. The minimum absolute atomic E-state index is 0.116. The van der Waals surface area contributed by atoms with Crippen LogP contribution < -0.4 is 0 Å². The maximum Gasteiger partial charge on any atom is 0.151 e. The fourth-order valence-electron chi connectivity index (χ4n) is 1.81. The van der Waals surface area contributed by atoms with Gasteiger partial charge in [0.25, 0.3) is 0 Å². The Kier molecular flexibility index (Phi) is 5.25. The minimum atomic E-state index is -0.252. The van der Waals surface area contributed by atoms with Crippen molar-refractivity contribution >= 4 is 51.7 Å². The van der Waals surface area contributed by atoms with E-state index in [9.17, 15) is 4.79 Å². The quantitative estimate of drug-likeness (QED) is 0.704. The topological polar surface area (TPSA) is 17.1 Å². The molecule has 2 aromatic heterocycles. The van der Waals surface area contributed by atoms with Crippen LogP contribution in [0.15, 0.2) is 35.0 Å². The summed E-state index contributed by atoms with van der Waals surface area (Å²) in [6.45, 7) is 0. The summed E-state index contributed by atoms with van der Waals surface area (Å²) in [6.07, 6.45) is 0. The van der Waals surface area contributed by atoms with Crippen molar-refractivity contribution in [1.82, 2.24) is 0 Å². The SMILES string of the molecule is O=C(C(CCl)c1cccs1)C(CCl)c1cccs1. The summed E-state index contributed by atoms with van der Waals surface area (Å²) in [5, 5.41) is 3.92. The lowest BCUT2D eigenvalue weighted by Crippen LogP contribution is -2.22. The zero-order valence-electron chi connectivity index (χ0n) is 9.51. The molecular weight excluding hydrogens is 307 g/mol. The lowest BCUT2D eigenvalue weighted by Gasteiger charge is -2.17. The van der Waals surface area contributed by atoms with Crippen molar-refractivity contribution in [3.8, 4) is 0 Å². The van der Waals surface area contributed by atoms with Crippen molar-refractivity contribution in [1.29, 1.82) is 0 Å². The van der Waals surface area contributed by atoms with Crippen LogP contribution in [-0.4, -0.2) is 17.5 Å². The smallest absolute Gasteiger partial charge is 0.151 e. The van der Waals surface area contributed by atoms with Gasteiger partial charge in [-0.25, -0.2) is 0 Å². The molecule has 2 heterocycles. The van der Waals surface area contributed by atoms with Gasteiger partial charge < -0.3 is 0 Å². The van der Waals surface area contributed by atoms with E-state index in [1.807, 2.05) is 35.0 Å². The monoisotopic (exact) mass is 318 g/mol. The zero-order chi connectivity index (χ0) is 13.0. The van der Waals surface area contributed by atoms with E-state index in [1.54, 1.807) is 22.7 Å². The van der Waals surface area contributed by atoms with Gasteiger partial charge in [-0.3, -0.25) is 4.79 Å². The predicted molar refractivity (Wildman–Crippen MR) is 80.6 cm³/mol. The third-order valence-corrected chi connectivity index (χ3v) is 5.36. The van der Waals surface area contributed by atoms with Gasteiger partial charge in [0.2, 0.25) is 0 Å². The normalized spacial score (nSPS) is 14.3. The Morgan fingerprint density at radius 3 is 1.72 bits per heavy atom. The van der Waals surface area contributed by atoms with E-state index in [4.69, 9.17) is 23.2 Å². The number of carbonyl (C=O) groups is 1. The summed E-state index contributed by atoms with van der Waals surface area (Å²) < 4.78 is 0. The van der Waals surface area contributed by atoms with Gasteiger partial charge in [-0.05, 0) is 22.9 Å². The van der Waals surface area contributed by atoms with Crippen LogP contribution in [0.3, 0.4) is 0 Å². The van der Waals surface area contributed by atoms with Crippen LogP contribution in [0.1, 0.15) is 21.6 Å². The van der Waals surface area contributed by atoms with Crippen LogP contribution in [0, 0.1) is 0 Å². The maximum atomic E-state index is 12.5. The Morgan fingerprint density at radius 2 is 1.44 bits per heavy atom. The minimum Gasteiger partial charge on any atom is -0.298 e. The molecule has 96 valence electrons. The van der Waals surface area contributed by atoms with Gasteiger partial charge in [0, 0.05) is 21.5 Å². The molecule has 0 aliphatic rings. The first kappa shape index (κ1) is 14.1. The molecule has 2 rings (SSSR count). The maximum absolute atomic E-state index is 12.5. The molecule has 2 aromatic rings. The van der Waals surface area contributed by atoms with E-state index in [2.05, 4.69) is 0 Å². The van der Waals surface area contributed by atoms with Gasteiger partial charge in [0.15, 0.2) is 5.78 Å². The number of Topliss-reactive ketones (excluding diaryl/α,β-unsaturated/α-hetero) is 1. The fraction of sp³-hybridized carbons (Fsp3) is 0.308. The van der Waals surface area contributed by atoms with Crippen molar-refractivity contribution in [3.63, 3.8) is 0 Å². The summed E-state index contributed by atoms with van der Waals surface area (Å²) in [5.74, 6) is 0.218. The van der Waals surface area contributed by atoms with Crippen molar-refractivity contribution < 1.29 is 4.79 Å². The van der Waals surface area contributed by atoms with Crippen molar-refractivity contribution in [3.05, 3.63) is 44.8 Å². The number of ketones is 1. The Labute approximate surface area is 124 Å². The van der Waals surface area contributed by atoms with E-state index >= 15 is 0 Å². The number of halogens is 2. The van der Waals surface area contributed by atoms with E-state index in [0.717, 1.165) is 9.75 Å². The number of hydrogen-bond donors (Lipinski definition) is 0. The second-order valence-electron chi connectivity index (χ2n) is 3.85. The predicted octanol–water partition coefficient (Wildman–Crippen LogP) is 4.72. The average Bonchev–Trinajstić information content (AvgIpc) is 3.03. The van der Waals surface area contributed by atoms with E-state index in [0.29, 0.717) is 11.8 Å². The molecule has 0 saturated heterocycles. The zero-order valence-corrected chi connectivity index (χ0v) is 12.7. The van der Waals surface area contributed by atoms with Gasteiger partial charge in [0.05, 0.1) is 11.8 Å². The molecule has 0 aliphatic heterocycles. The van der Waals surface area contributed by atoms with Crippen LogP contribution in [-0.2, 0) is 4.79 Å². The van der Waals surface area contributed by atoms with Gasteiger partial charge in [-0.15, -0.1) is 45.9 Å².